The van der Waals surface area contributed by atoms with Gasteiger partial charge < -0.3 is 28.6 Å². The summed E-state index contributed by atoms with van der Waals surface area (Å²) >= 11 is 0. The van der Waals surface area contributed by atoms with Gasteiger partial charge in [-0.1, -0.05) is 123 Å². The Kier molecular flexibility index (Phi) is 15.6. The third kappa shape index (κ3) is 12.0. The minimum Gasteiger partial charge on any atom is -0.529 e. The molecule has 0 fully saturated rings. The van der Waals surface area contributed by atoms with Gasteiger partial charge in [0.2, 0.25) is 0 Å². The van der Waals surface area contributed by atoms with Crippen molar-refractivity contribution >= 4 is 30.0 Å². The van der Waals surface area contributed by atoms with Gasteiger partial charge in [-0.2, -0.15) is 0 Å². The predicted molar refractivity (Wildman–Crippen MR) is 248 cm³/mol. The first-order chi connectivity index (χ1) is 28.8. The van der Waals surface area contributed by atoms with Gasteiger partial charge in [0.05, 0.1) is 0 Å². The molecule has 0 heterocycles. The molecular weight excluding hydrogens is 727 g/mol. The highest BCUT2D eigenvalue weighted by Gasteiger charge is 2.16. The largest absolute Gasteiger partial charge is 0.576 e. The van der Waals surface area contributed by atoms with Crippen LogP contribution in [0.1, 0.15) is 60.1 Å². The van der Waals surface area contributed by atoms with E-state index in [-0.39, 0.29) is 7.69 Å². The summed E-state index contributed by atoms with van der Waals surface area (Å²) in [5.74, 6) is 3.21. The van der Waals surface area contributed by atoms with Crippen LogP contribution >= 0.6 is 0 Å². The summed E-state index contributed by atoms with van der Waals surface area (Å²) in [6.45, 7) is 7.45. The number of ether oxygens (including phenoxy) is 2. The van der Waals surface area contributed by atoms with Gasteiger partial charge in [-0.3, -0.25) is 0 Å². The molecule has 6 nitrogen and oxygen atoms in total. The van der Waals surface area contributed by atoms with E-state index in [1.165, 1.54) is 33.4 Å². The Morgan fingerprint density at radius 3 is 0.983 bits per heavy atom. The van der Waals surface area contributed by atoms with E-state index in [2.05, 4.69) is 185 Å². The number of hydrogen-bond acceptors (Lipinski definition) is 6. The molecule has 0 atom stereocenters. The second-order valence-electron chi connectivity index (χ2n) is 15.0. The van der Waals surface area contributed by atoms with Crippen molar-refractivity contribution in [2.45, 2.75) is 26.7 Å². The van der Waals surface area contributed by atoms with E-state index in [1.807, 2.05) is 24.3 Å². The van der Waals surface area contributed by atoms with Gasteiger partial charge in [0.1, 0.15) is 36.2 Å². The highest BCUT2D eigenvalue weighted by Crippen LogP contribution is 2.37. The Labute approximate surface area is 352 Å². The van der Waals surface area contributed by atoms with Crippen LogP contribution in [-0.4, -0.2) is 72.0 Å². The van der Waals surface area contributed by atoms with Crippen LogP contribution in [0.3, 0.4) is 0 Å². The van der Waals surface area contributed by atoms with Crippen molar-refractivity contribution in [2.24, 2.45) is 0 Å². The molecule has 6 aromatic rings. The average Bonchev–Trinajstić information content (AvgIpc) is 3.26. The van der Waals surface area contributed by atoms with Crippen molar-refractivity contribution in [2.75, 3.05) is 54.5 Å². The van der Waals surface area contributed by atoms with Crippen molar-refractivity contribution < 1.29 is 18.8 Å². The van der Waals surface area contributed by atoms with Crippen LogP contribution < -0.4 is 18.8 Å². The summed E-state index contributed by atoms with van der Waals surface area (Å²) in [5.41, 5.74) is 11.9. The molecule has 6 aromatic carbocycles. The fraction of sp³-hybridized carbons (Fsp3) is 0.231. The van der Waals surface area contributed by atoms with E-state index in [4.69, 9.17) is 18.8 Å². The molecule has 59 heavy (non-hydrogen) atoms. The lowest BCUT2D eigenvalue weighted by molar-refractivity contribution is 0.261. The van der Waals surface area contributed by atoms with Crippen LogP contribution in [0.15, 0.2) is 158 Å². The maximum atomic E-state index is 6.12. The van der Waals surface area contributed by atoms with Crippen LogP contribution in [0.25, 0.3) is 22.3 Å². The molecule has 302 valence electrons. The molecule has 0 saturated carbocycles. The van der Waals surface area contributed by atoms with E-state index >= 15 is 0 Å². The number of hydrogen-bond donors (Lipinski definition) is 0. The van der Waals surface area contributed by atoms with Crippen molar-refractivity contribution in [3.8, 4) is 23.0 Å². The molecule has 0 aromatic heterocycles. The fourth-order valence-corrected chi connectivity index (χ4v) is 7.09. The normalized spacial score (nSPS) is 12.1. The third-order valence-corrected chi connectivity index (χ3v) is 10.2. The number of benzene rings is 6. The minimum absolute atomic E-state index is 0.0864. The second-order valence-corrected chi connectivity index (χ2v) is 15.0. The number of allylic oxidation sites excluding steroid dienone is 2. The zero-order valence-electron chi connectivity index (χ0n) is 35.5. The smallest absolute Gasteiger partial charge is 0.529 e. The van der Waals surface area contributed by atoms with Gasteiger partial charge in [0.15, 0.2) is 0 Å². The summed E-state index contributed by atoms with van der Waals surface area (Å²) in [6, 6.07) is 54.7. The number of nitrogens with zero attached hydrogens (tertiary/aromatic N) is 2. The Hall–Kier alpha value is -6.02. The Bertz CT molecular complexity index is 2070. The molecule has 0 amide bonds. The molecule has 6 rings (SSSR count). The maximum Gasteiger partial charge on any atom is 0.576 e. The molecule has 0 N–H and O–H groups in total. The summed E-state index contributed by atoms with van der Waals surface area (Å²) in [5, 5.41) is 0. The first-order valence-corrected chi connectivity index (χ1v) is 20.6. The Morgan fingerprint density at radius 1 is 0.390 bits per heavy atom. The lowest BCUT2D eigenvalue weighted by Crippen LogP contribution is -2.19. The standard InChI is InChI=1S/C52H57BN2O4/c1-7-49(39-15-11-9-12-16-39)51(41-19-27-45(28-20-41)56-37-35-54(3)4)43-23-31-47(32-24-43)58-53-59-48-33-25-44(26-34-48)52(50(8-2)40-17-13-10-14-18-40)42-21-29-46(30-22-42)57-38-36-55(5)6/h9-34,53H,7-8,35-38H2,1-6H3. The number of likely N-dealkylation sites (N-methyl/N-ethyl adjacent to an activating group) is 2. The summed E-state index contributed by atoms with van der Waals surface area (Å²) in [4.78, 5) is 4.24. The van der Waals surface area contributed by atoms with Crippen LogP contribution in [0, 0.1) is 0 Å². The van der Waals surface area contributed by atoms with E-state index in [0.29, 0.717) is 13.2 Å². The summed E-state index contributed by atoms with van der Waals surface area (Å²) < 4.78 is 24.3. The van der Waals surface area contributed by atoms with E-state index in [0.717, 1.165) is 71.2 Å². The lowest BCUT2D eigenvalue weighted by Gasteiger charge is -2.18. The molecule has 0 unspecified atom stereocenters. The molecule has 0 bridgehead atoms. The van der Waals surface area contributed by atoms with Gasteiger partial charge in [-0.05, 0) is 145 Å². The van der Waals surface area contributed by atoms with Crippen LogP contribution in [-0.2, 0) is 0 Å². The molecule has 0 aliphatic rings. The predicted octanol–water partition coefficient (Wildman–Crippen LogP) is 11.0. The van der Waals surface area contributed by atoms with E-state index in [1.54, 1.807) is 0 Å². The van der Waals surface area contributed by atoms with Crippen LogP contribution in [0.2, 0.25) is 0 Å². The zero-order valence-corrected chi connectivity index (χ0v) is 35.5. The van der Waals surface area contributed by atoms with E-state index < -0.39 is 0 Å². The molecule has 7 heteroatoms. The Balaban J connectivity index is 1.17. The highest BCUT2D eigenvalue weighted by atomic mass is 16.6. The van der Waals surface area contributed by atoms with Crippen molar-refractivity contribution in [3.05, 3.63) is 191 Å². The topological polar surface area (TPSA) is 43.4 Å². The molecular formula is C52H57BN2O4. The van der Waals surface area contributed by atoms with Gasteiger partial charge in [-0.25, -0.2) is 0 Å². The maximum absolute atomic E-state index is 6.12. The van der Waals surface area contributed by atoms with Gasteiger partial charge in [0, 0.05) is 13.1 Å². The summed E-state index contributed by atoms with van der Waals surface area (Å²) in [6.07, 6.45) is 1.76. The highest BCUT2D eigenvalue weighted by molar-refractivity contribution is 6.20. The van der Waals surface area contributed by atoms with E-state index in [9.17, 15) is 0 Å². The van der Waals surface area contributed by atoms with Crippen molar-refractivity contribution in [3.63, 3.8) is 0 Å². The molecule has 0 spiro atoms. The third-order valence-electron chi connectivity index (χ3n) is 10.2. The SMILES string of the molecule is CCC(=C(c1ccc(OBOc2ccc(C(=C(CC)c3ccccc3)c3ccc(OCCN(C)C)cc3)cc2)cc1)c1ccc(OCCN(C)C)cc1)c1ccccc1. The first-order valence-electron chi connectivity index (χ1n) is 20.6. The van der Waals surface area contributed by atoms with Crippen LogP contribution in [0.4, 0.5) is 0 Å². The lowest BCUT2D eigenvalue weighted by atomic mass is 9.88. The fourth-order valence-electron chi connectivity index (χ4n) is 7.09. The van der Waals surface area contributed by atoms with Crippen molar-refractivity contribution in [1.82, 2.24) is 9.80 Å². The van der Waals surface area contributed by atoms with Crippen LogP contribution in [0.5, 0.6) is 23.0 Å². The van der Waals surface area contributed by atoms with Crippen molar-refractivity contribution in [1.29, 1.82) is 0 Å². The molecule has 0 radical (unpaired) electrons. The monoisotopic (exact) mass is 784 g/mol. The van der Waals surface area contributed by atoms with Gasteiger partial charge >= 0.3 is 7.69 Å². The first kappa shape index (κ1) is 42.6. The minimum atomic E-state index is 0.0864. The zero-order chi connectivity index (χ0) is 41.4. The molecule has 0 saturated heterocycles. The summed E-state index contributed by atoms with van der Waals surface area (Å²) in [7, 11) is 8.29. The van der Waals surface area contributed by atoms with Gasteiger partial charge in [0.25, 0.3) is 0 Å². The number of rotatable bonds is 20. The second kappa shape index (κ2) is 21.7. The van der Waals surface area contributed by atoms with Gasteiger partial charge in [-0.15, -0.1) is 0 Å². The Morgan fingerprint density at radius 2 is 0.695 bits per heavy atom. The molecule has 0 aliphatic carbocycles. The average molecular weight is 785 g/mol. The quantitative estimate of drug-likeness (QED) is 0.0567. The molecule has 0 aliphatic heterocycles.